The van der Waals surface area contributed by atoms with Gasteiger partial charge in [-0.05, 0) is 49.8 Å². The monoisotopic (exact) mass is 275 g/mol. The molecule has 2 nitrogen and oxygen atoms in total. The maximum Gasteiger partial charge on any atom is 0.119 e. The second-order valence-electron chi connectivity index (χ2n) is 6.24. The van der Waals surface area contributed by atoms with E-state index in [1.807, 2.05) is 30.3 Å². The van der Waals surface area contributed by atoms with E-state index in [1.54, 1.807) is 0 Å². The molecule has 0 saturated heterocycles. The summed E-state index contributed by atoms with van der Waals surface area (Å²) in [7, 11) is 0. The molecule has 1 saturated carbocycles. The van der Waals surface area contributed by atoms with Crippen molar-refractivity contribution in [2.75, 3.05) is 13.2 Å². The molecule has 0 aliphatic heterocycles. The van der Waals surface area contributed by atoms with Gasteiger partial charge in [0.05, 0.1) is 6.61 Å². The van der Waals surface area contributed by atoms with Crippen molar-refractivity contribution in [3.05, 3.63) is 30.3 Å². The molecule has 0 bridgehead atoms. The number of ether oxygens (including phenoxy) is 1. The van der Waals surface area contributed by atoms with E-state index >= 15 is 0 Å². The van der Waals surface area contributed by atoms with E-state index in [0.717, 1.165) is 25.3 Å². The number of hydrogen-bond donors (Lipinski definition) is 1. The van der Waals surface area contributed by atoms with Crippen LogP contribution >= 0.6 is 0 Å². The summed E-state index contributed by atoms with van der Waals surface area (Å²) in [6.45, 7) is 1.66. The summed E-state index contributed by atoms with van der Waals surface area (Å²) in [5.41, 5.74) is 6.50. The summed E-state index contributed by atoms with van der Waals surface area (Å²) in [6.07, 6.45) is 11.9. The number of hydrogen-bond acceptors (Lipinski definition) is 2. The summed E-state index contributed by atoms with van der Waals surface area (Å²) in [5.74, 6) is 0.979. The van der Waals surface area contributed by atoms with Crippen molar-refractivity contribution in [3.63, 3.8) is 0 Å². The lowest BCUT2D eigenvalue weighted by Crippen LogP contribution is -2.31. The summed E-state index contributed by atoms with van der Waals surface area (Å²) in [6, 6.07) is 10.1. The standard InChI is InChI=1S/C18H29NO/c19-16-18(12-7-2-1-3-8-13-18)14-9-15-20-17-10-5-4-6-11-17/h4-6,10-11H,1-3,7-9,12-16,19H2. The fourth-order valence-corrected chi connectivity index (χ4v) is 3.37. The van der Waals surface area contributed by atoms with Gasteiger partial charge in [-0.1, -0.05) is 50.3 Å². The van der Waals surface area contributed by atoms with Crippen LogP contribution in [0, 0.1) is 5.41 Å². The smallest absolute Gasteiger partial charge is 0.119 e. The summed E-state index contributed by atoms with van der Waals surface area (Å²) in [5, 5.41) is 0. The van der Waals surface area contributed by atoms with Gasteiger partial charge >= 0.3 is 0 Å². The van der Waals surface area contributed by atoms with Crippen LogP contribution in [-0.2, 0) is 0 Å². The van der Waals surface area contributed by atoms with E-state index in [4.69, 9.17) is 10.5 Å². The van der Waals surface area contributed by atoms with E-state index in [9.17, 15) is 0 Å². The van der Waals surface area contributed by atoms with E-state index in [2.05, 4.69) is 0 Å². The van der Waals surface area contributed by atoms with Crippen LogP contribution in [-0.4, -0.2) is 13.2 Å². The summed E-state index contributed by atoms with van der Waals surface area (Å²) < 4.78 is 5.80. The number of nitrogens with two attached hydrogens (primary N) is 1. The highest BCUT2D eigenvalue weighted by Crippen LogP contribution is 2.37. The quantitative estimate of drug-likeness (QED) is 0.774. The van der Waals surface area contributed by atoms with Gasteiger partial charge in [0.1, 0.15) is 5.75 Å². The van der Waals surface area contributed by atoms with Crippen molar-refractivity contribution in [2.24, 2.45) is 11.1 Å². The number of benzene rings is 1. The fraction of sp³-hybridized carbons (Fsp3) is 0.667. The van der Waals surface area contributed by atoms with Crippen LogP contribution in [0.1, 0.15) is 57.8 Å². The van der Waals surface area contributed by atoms with E-state index < -0.39 is 0 Å². The Morgan fingerprint density at radius 3 is 2.25 bits per heavy atom. The zero-order valence-electron chi connectivity index (χ0n) is 12.7. The van der Waals surface area contributed by atoms with Gasteiger partial charge in [0.25, 0.3) is 0 Å². The first-order valence-corrected chi connectivity index (χ1v) is 8.23. The molecule has 0 heterocycles. The van der Waals surface area contributed by atoms with Crippen LogP contribution in [0.2, 0.25) is 0 Å². The molecule has 0 atom stereocenters. The van der Waals surface area contributed by atoms with Crippen molar-refractivity contribution in [1.29, 1.82) is 0 Å². The molecule has 1 aromatic rings. The minimum Gasteiger partial charge on any atom is -0.494 e. The number of para-hydroxylation sites is 1. The third kappa shape index (κ3) is 4.82. The second-order valence-corrected chi connectivity index (χ2v) is 6.24. The van der Waals surface area contributed by atoms with Gasteiger partial charge in [-0.25, -0.2) is 0 Å². The van der Waals surface area contributed by atoms with Gasteiger partial charge in [0.15, 0.2) is 0 Å². The van der Waals surface area contributed by atoms with Crippen LogP contribution in [0.4, 0.5) is 0 Å². The van der Waals surface area contributed by atoms with Crippen molar-refractivity contribution in [3.8, 4) is 5.75 Å². The molecule has 2 heteroatoms. The first kappa shape index (κ1) is 15.4. The lowest BCUT2D eigenvalue weighted by molar-refractivity contribution is 0.179. The molecule has 20 heavy (non-hydrogen) atoms. The molecule has 2 N–H and O–H groups in total. The highest BCUT2D eigenvalue weighted by atomic mass is 16.5. The van der Waals surface area contributed by atoms with E-state index in [1.165, 1.54) is 51.4 Å². The topological polar surface area (TPSA) is 35.2 Å². The third-order valence-electron chi connectivity index (χ3n) is 4.71. The van der Waals surface area contributed by atoms with Crippen LogP contribution in [0.3, 0.4) is 0 Å². The predicted molar refractivity (Wildman–Crippen MR) is 85.0 cm³/mol. The zero-order chi connectivity index (χ0) is 14.1. The molecule has 0 aromatic heterocycles. The first-order chi connectivity index (χ1) is 9.85. The minimum atomic E-state index is 0.389. The molecule has 0 amide bonds. The molecule has 0 unspecified atom stereocenters. The highest BCUT2D eigenvalue weighted by molar-refractivity contribution is 5.20. The van der Waals surface area contributed by atoms with E-state index in [-0.39, 0.29) is 0 Å². The molecule has 0 spiro atoms. The summed E-state index contributed by atoms with van der Waals surface area (Å²) in [4.78, 5) is 0. The normalized spacial score (nSPS) is 19.1. The Bertz CT molecular complexity index is 355. The minimum absolute atomic E-state index is 0.389. The molecule has 1 aliphatic carbocycles. The molecule has 1 aliphatic rings. The second kappa shape index (κ2) is 8.31. The Hall–Kier alpha value is -1.02. The molecule has 112 valence electrons. The van der Waals surface area contributed by atoms with Gasteiger partial charge in [-0.3, -0.25) is 0 Å². The Labute approximate surface area is 123 Å². The summed E-state index contributed by atoms with van der Waals surface area (Å²) >= 11 is 0. The zero-order valence-corrected chi connectivity index (χ0v) is 12.7. The lowest BCUT2D eigenvalue weighted by atomic mass is 9.73. The van der Waals surface area contributed by atoms with Crippen molar-refractivity contribution >= 4 is 0 Å². The average Bonchev–Trinajstić information content (AvgIpc) is 2.47. The third-order valence-corrected chi connectivity index (χ3v) is 4.71. The van der Waals surface area contributed by atoms with Crippen LogP contribution in [0.5, 0.6) is 5.75 Å². The number of rotatable bonds is 6. The maximum absolute atomic E-state index is 6.11. The van der Waals surface area contributed by atoms with Crippen LogP contribution < -0.4 is 10.5 Å². The van der Waals surface area contributed by atoms with E-state index in [0.29, 0.717) is 5.41 Å². The predicted octanol–water partition coefficient (Wildman–Crippen LogP) is 4.54. The van der Waals surface area contributed by atoms with Gasteiger partial charge in [-0.2, -0.15) is 0 Å². The Morgan fingerprint density at radius 1 is 0.950 bits per heavy atom. The highest BCUT2D eigenvalue weighted by Gasteiger charge is 2.28. The van der Waals surface area contributed by atoms with Crippen molar-refractivity contribution in [1.82, 2.24) is 0 Å². The lowest BCUT2D eigenvalue weighted by Gasteiger charge is -2.34. The van der Waals surface area contributed by atoms with Gasteiger partial charge in [0, 0.05) is 0 Å². The fourth-order valence-electron chi connectivity index (χ4n) is 3.37. The SMILES string of the molecule is NCC1(CCCOc2ccccc2)CCCCCCC1. The van der Waals surface area contributed by atoms with Crippen LogP contribution in [0.15, 0.2) is 30.3 Å². The molecular formula is C18H29NO. The maximum atomic E-state index is 6.11. The Kier molecular flexibility index (Phi) is 6.38. The van der Waals surface area contributed by atoms with Gasteiger partial charge in [-0.15, -0.1) is 0 Å². The molecule has 0 radical (unpaired) electrons. The molecular weight excluding hydrogens is 246 g/mol. The average molecular weight is 275 g/mol. The van der Waals surface area contributed by atoms with Crippen LogP contribution in [0.25, 0.3) is 0 Å². The molecule has 1 aromatic carbocycles. The van der Waals surface area contributed by atoms with Crippen molar-refractivity contribution in [2.45, 2.75) is 57.8 Å². The molecule has 1 fully saturated rings. The van der Waals surface area contributed by atoms with Gasteiger partial charge < -0.3 is 10.5 Å². The molecule has 2 rings (SSSR count). The largest absolute Gasteiger partial charge is 0.494 e. The Morgan fingerprint density at radius 2 is 1.60 bits per heavy atom. The first-order valence-electron chi connectivity index (χ1n) is 8.23. The van der Waals surface area contributed by atoms with Gasteiger partial charge in [0.2, 0.25) is 0 Å². The van der Waals surface area contributed by atoms with Crippen molar-refractivity contribution < 1.29 is 4.74 Å². The Balaban J connectivity index is 1.74.